The van der Waals surface area contributed by atoms with Crippen LogP contribution in [0.2, 0.25) is 0 Å². The number of carbonyl (C=O) groups excluding carboxylic acids is 1. The largest absolute Gasteiger partial charge is 0.352 e. The van der Waals surface area contributed by atoms with Gasteiger partial charge in [0, 0.05) is 31.7 Å². The van der Waals surface area contributed by atoms with E-state index in [0.29, 0.717) is 56.0 Å². The molecule has 178 valence electrons. The number of nitrogens with one attached hydrogen (secondary N) is 1. The molecule has 0 bridgehead atoms. The van der Waals surface area contributed by atoms with Gasteiger partial charge in [0.1, 0.15) is 11.3 Å². The van der Waals surface area contributed by atoms with Crippen LogP contribution in [-0.4, -0.2) is 33.5 Å². The maximum atomic E-state index is 13.5. The SMILES string of the molecule is O=C(NCc1ccc(F)cc1)C1CCN(c2nc3cccnc3n(Cc3ccccc3)c2=O)CC1. The van der Waals surface area contributed by atoms with Gasteiger partial charge in [-0.2, -0.15) is 0 Å². The molecular weight excluding hydrogens is 445 g/mol. The molecule has 5 rings (SSSR count). The first-order valence-electron chi connectivity index (χ1n) is 11.7. The third-order valence-corrected chi connectivity index (χ3v) is 6.41. The zero-order valence-electron chi connectivity index (χ0n) is 19.2. The Labute approximate surface area is 202 Å². The van der Waals surface area contributed by atoms with E-state index in [1.165, 1.54) is 12.1 Å². The molecule has 0 spiro atoms. The Bertz CT molecular complexity index is 1380. The van der Waals surface area contributed by atoms with Crippen molar-refractivity contribution in [1.82, 2.24) is 19.9 Å². The highest BCUT2D eigenvalue weighted by molar-refractivity contribution is 5.79. The molecule has 0 radical (unpaired) electrons. The maximum absolute atomic E-state index is 13.5. The van der Waals surface area contributed by atoms with E-state index in [-0.39, 0.29) is 23.2 Å². The number of hydrogen-bond donors (Lipinski definition) is 1. The molecule has 35 heavy (non-hydrogen) atoms. The Morgan fingerprint density at radius 1 is 0.971 bits per heavy atom. The van der Waals surface area contributed by atoms with Crippen molar-refractivity contribution in [3.05, 3.63) is 100 Å². The van der Waals surface area contributed by atoms with Gasteiger partial charge in [0.2, 0.25) is 5.91 Å². The van der Waals surface area contributed by atoms with Crippen molar-refractivity contribution in [3.63, 3.8) is 0 Å². The molecule has 0 atom stereocenters. The molecule has 0 unspecified atom stereocenters. The first-order chi connectivity index (χ1) is 17.1. The Morgan fingerprint density at radius 2 is 1.71 bits per heavy atom. The van der Waals surface area contributed by atoms with E-state index >= 15 is 0 Å². The molecule has 1 N–H and O–H groups in total. The van der Waals surface area contributed by atoms with Crippen LogP contribution in [0.15, 0.2) is 77.7 Å². The van der Waals surface area contributed by atoms with Crippen LogP contribution in [0, 0.1) is 11.7 Å². The van der Waals surface area contributed by atoms with Crippen LogP contribution in [0.3, 0.4) is 0 Å². The fraction of sp³-hybridized carbons (Fsp3) is 0.259. The number of fused-ring (bicyclic) bond motifs is 1. The first kappa shape index (κ1) is 22.7. The van der Waals surface area contributed by atoms with Crippen molar-refractivity contribution in [2.45, 2.75) is 25.9 Å². The van der Waals surface area contributed by atoms with Crippen LogP contribution in [-0.2, 0) is 17.9 Å². The van der Waals surface area contributed by atoms with Gasteiger partial charge in [0.05, 0.1) is 6.54 Å². The third-order valence-electron chi connectivity index (χ3n) is 6.41. The summed E-state index contributed by atoms with van der Waals surface area (Å²) in [6.45, 7) is 1.90. The summed E-state index contributed by atoms with van der Waals surface area (Å²) >= 11 is 0. The second-order valence-electron chi connectivity index (χ2n) is 8.76. The predicted octanol–water partition coefficient (Wildman–Crippen LogP) is 3.51. The summed E-state index contributed by atoms with van der Waals surface area (Å²) in [5.41, 5.74) is 2.90. The number of aromatic nitrogens is 3. The van der Waals surface area contributed by atoms with Crippen LogP contribution < -0.4 is 15.8 Å². The van der Waals surface area contributed by atoms with E-state index in [0.717, 1.165) is 11.1 Å². The number of halogens is 1. The van der Waals surface area contributed by atoms with E-state index in [1.54, 1.807) is 22.9 Å². The lowest BCUT2D eigenvalue weighted by Crippen LogP contribution is -2.43. The van der Waals surface area contributed by atoms with Gasteiger partial charge in [-0.05, 0) is 48.2 Å². The fourth-order valence-electron chi connectivity index (χ4n) is 4.47. The quantitative estimate of drug-likeness (QED) is 0.466. The van der Waals surface area contributed by atoms with Crippen molar-refractivity contribution < 1.29 is 9.18 Å². The number of nitrogens with zero attached hydrogens (tertiary/aromatic N) is 4. The lowest BCUT2D eigenvalue weighted by atomic mass is 9.96. The summed E-state index contributed by atoms with van der Waals surface area (Å²) in [5, 5.41) is 2.95. The van der Waals surface area contributed by atoms with Crippen LogP contribution in [0.1, 0.15) is 24.0 Å². The molecule has 1 fully saturated rings. The Kier molecular flexibility index (Phi) is 6.52. The Morgan fingerprint density at radius 3 is 2.46 bits per heavy atom. The highest BCUT2D eigenvalue weighted by Crippen LogP contribution is 2.22. The van der Waals surface area contributed by atoms with E-state index < -0.39 is 0 Å². The minimum atomic E-state index is -0.298. The summed E-state index contributed by atoms with van der Waals surface area (Å²) in [4.78, 5) is 37.2. The second-order valence-corrected chi connectivity index (χ2v) is 8.76. The molecule has 0 saturated carbocycles. The summed E-state index contributed by atoms with van der Waals surface area (Å²) < 4.78 is 14.8. The molecule has 3 heterocycles. The van der Waals surface area contributed by atoms with E-state index in [4.69, 9.17) is 0 Å². The molecular formula is C27H26FN5O2. The number of amides is 1. The number of carbonyl (C=O) groups is 1. The molecule has 4 aromatic rings. The molecule has 0 aliphatic carbocycles. The Balaban J connectivity index is 1.30. The van der Waals surface area contributed by atoms with Gasteiger partial charge in [-0.3, -0.25) is 14.2 Å². The van der Waals surface area contributed by atoms with Gasteiger partial charge in [-0.15, -0.1) is 0 Å². The van der Waals surface area contributed by atoms with E-state index in [2.05, 4.69) is 15.3 Å². The summed E-state index contributed by atoms with van der Waals surface area (Å²) in [5.74, 6) is -0.0635. The summed E-state index contributed by atoms with van der Waals surface area (Å²) in [7, 11) is 0. The van der Waals surface area contributed by atoms with Crippen molar-refractivity contribution in [3.8, 4) is 0 Å². The maximum Gasteiger partial charge on any atom is 0.295 e. The smallest absolute Gasteiger partial charge is 0.295 e. The van der Waals surface area contributed by atoms with E-state index in [9.17, 15) is 14.0 Å². The normalized spacial score (nSPS) is 14.3. The van der Waals surface area contributed by atoms with Gasteiger partial charge in [0.25, 0.3) is 5.56 Å². The van der Waals surface area contributed by atoms with Crippen LogP contribution in [0.25, 0.3) is 11.2 Å². The third kappa shape index (κ3) is 5.06. The lowest BCUT2D eigenvalue weighted by Gasteiger charge is -2.32. The first-order valence-corrected chi connectivity index (χ1v) is 11.7. The lowest BCUT2D eigenvalue weighted by molar-refractivity contribution is -0.125. The second kappa shape index (κ2) is 10.0. The average Bonchev–Trinajstić information content (AvgIpc) is 2.90. The zero-order valence-corrected chi connectivity index (χ0v) is 19.2. The van der Waals surface area contributed by atoms with Crippen molar-refractivity contribution >= 4 is 22.9 Å². The molecule has 8 heteroatoms. The van der Waals surface area contributed by atoms with Crippen LogP contribution in [0.5, 0.6) is 0 Å². The minimum Gasteiger partial charge on any atom is -0.352 e. The molecule has 7 nitrogen and oxygen atoms in total. The van der Waals surface area contributed by atoms with Gasteiger partial charge >= 0.3 is 0 Å². The van der Waals surface area contributed by atoms with Gasteiger partial charge in [-0.1, -0.05) is 42.5 Å². The minimum absolute atomic E-state index is 0.0221. The van der Waals surface area contributed by atoms with Gasteiger partial charge < -0.3 is 10.2 Å². The van der Waals surface area contributed by atoms with Crippen molar-refractivity contribution in [2.24, 2.45) is 5.92 Å². The fourth-order valence-corrected chi connectivity index (χ4v) is 4.47. The molecule has 2 aromatic carbocycles. The monoisotopic (exact) mass is 471 g/mol. The number of rotatable bonds is 6. The topological polar surface area (TPSA) is 80.1 Å². The number of pyridine rings is 1. The standard InChI is InChI=1S/C27H26FN5O2/c28-22-10-8-19(9-11-22)17-30-26(34)21-12-15-32(16-13-21)25-27(35)33(18-20-5-2-1-3-6-20)24-23(31-25)7-4-14-29-24/h1-11,14,21H,12-13,15-18H2,(H,30,34). The molecule has 2 aromatic heterocycles. The number of hydrogen-bond acceptors (Lipinski definition) is 5. The van der Waals surface area contributed by atoms with Crippen molar-refractivity contribution in [1.29, 1.82) is 0 Å². The highest BCUT2D eigenvalue weighted by Gasteiger charge is 2.27. The van der Waals surface area contributed by atoms with E-state index in [1.807, 2.05) is 47.4 Å². The predicted molar refractivity (Wildman–Crippen MR) is 133 cm³/mol. The molecule has 1 amide bonds. The van der Waals surface area contributed by atoms with Gasteiger partial charge in [0.15, 0.2) is 11.5 Å². The van der Waals surface area contributed by atoms with Crippen LogP contribution in [0.4, 0.5) is 10.2 Å². The van der Waals surface area contributed by atoms with Gasteiger partial charge in [-0.25, -0.2) is 14.4 Å². The molecule has 1 aliphatic rings. The highest BCUT2D eigenvalue weighted by atomic mass is 19.1. The number of piperidine rings is 1. The van der Waals surface area contributed by atoms with Crippen molar-refractivity contribution in [2.75, 3.05) is 18.0 Å². The number of anilines is 1. The summed E-state index contributed by atoms with van der Waals surface area (Å²) in [6, 6.07) is 19.6. The van der Waals surface area contributed by atoms with Crippen LogP contribution >= 0.6 is 0 Å². The molecule has 1 saturated heterocycles. The molecule has 1 aliphatic heterocycles. The average molecular weight is 472 g/mol. The summed E-state index contributed by atoms with van der Waals surface area (Å²) in [6.07, 6.45) is 2.92. The zero-order chi connectivity index (χ0) is 24.2. The Hall–Kier alpha value is -4.07. The number of benzene rings is 2.